The number of hydrogen-bond acceptors (Lipinski definition) is 4. The van der Waals surface area contributed by atoms with Crippen molar-refractivity contribution in [1.29, 1.82) is 0 Å². The number of rotatable bonds is 8. The zero-order chi connectivity index (χ0) is 20.7. The number of aliphatic hydroxyl groups excluding tert-OH is 1. The molecule has 0 radical (unpaired) electrons. The molecule has 0 saturated heterocycles. The molecule has 0 unspecified atom stereocenters. The number of ether oxygens (including phenoxy) is 2. The third-order valence-electron chi connectivity index (χ3n) is 4.43. The van der Waals surface area contributed by atoms with Crippen LogP contribution in [0.25, 0.3) is 0 Å². The van der Waals surface area contributed by atoms with Crippen LogP contribution in [0.15, 0.2) is 54.6 Å². The minimum atomic E-state index is -0.792. The molecule has 0 heterocycles. The standard InChI is InChI=1S/C23H31NO4/c1-17(28-21-9-7-6-8-10-21)22(26)24(5)15-19(25)16-27-20-13-11-18(12-14-20)23(2,3)4/h6-14,17,19,25H,15-16H2,1-5H3/t17-,19+/m0/s1. The van der Waals surface area contributed by atoms with Gasteiger partial charge in [0.05, 0.1) is 0 Å². The minimum Gasteiger partial charge on any atom is -0.491 e. The molecule has 0 aliphatic carbocycles. The lowest BCUT2D eigenvalue weighted by molar-refractivity contribution is -0.138. The lowest BCUT2D eigenvalue weighted by atomic mass is 9.87. The van der Waals surface area contributed by atoms with Crippen LogP contribution < -0.4 is 9.47 Å². The predicted octanol–water partition coefficient (Wildman–Crippen LogP) is 3.65. The van der Waals surface area contributed by atoms with Gasteiger partial charge in [0, 0.05) is 13.6 Å². The number of benzene rings is 2. The lowest BCUT2D eigenvalue weighted by Gasteiger charge is -2.24. The maximum atomic E-state index is 12.4. The Bertz CT molecular complexity index is 737. The zero-order valence-corrected chi connectivity index (χ0v) is 17.4. The summed E-state index contributed by atoms with van der Waals surface area (Å²) in [6.45, 7) is 8.44. The van der Waals surface area contributed by atoms with Crippen LogP contribution in [0.1, 0.15) is 33.3 Å². The van der Waals surface area contributed by atoms with E-state index in [0.29, 0.717) is 11.5 Å². The van der Waals surface area contributed by atoms with Crippen LogP contribution in [0.2, 0.25) is 0 Å². The van der Waals surface area contributed by atoms with Crippen LogP contribution in [-0.2, 0) is 10.2 Å². The molecule has 0 aliphatic heterocycles. The average Bonchev–Trinajstić information content (AvgIpc) is 2.66. The first-order chi connectivity index (χ1) is 13.2. The lowest BCUT2D eigenvalue weighted by Crippen LogP contribution is -2.43. The van der Waals surface area contributed by atoms with Crippen LogP contribution in [0.4, 0.5) is 0 Å². The van der Waals surface area contributed by atoms with Crippen molar-refractivity contribution < 1.29 is 19.4 Å². The summed E-state index contributed by atoms with van der Waals surface area (Å²) in [7, 11) is 1.65. The molecule has 1 amide bonds. The van der Waals surface area contributed by atoms with Gasteiger partial charge in [-0.05, 0) is 42.2 Å². The van der Waals surface area contributed by atoms with Gasteiger partial charge < -0.3 is 19.5 Å². The van der Waals surface area contributed by atoms with Gasteiger partial charge in [0.15, 0.2) is 6.10 Å². The Morgan fingerprint density at radius 2 is 1.64 bits per heavy atom. The Labute approximate surface area is 167 Å². The van der Waals surface area contributed by atoms with E-state index >= 15 is 0 Å². The largest absolute Gasteiger partial charge is 0.491 e. The Kier molecular flexibility index (Phi) is 7.46. The highest BCUT2D eigenvalue weighted by atomic mass is 16.5. The topological polar surface area (TPSA) is 59.0 Å². The second kappa shape index (κ2) is 9.60. The van der Waals surface area contributed by atoms with Crippen molar-refractivity contribution in [3.05, 3.63) is 60.2 Å². The van der Waals surface area contributed by atoms with E-state index in [1.54, 1.807) is 26.1 Å². The fourth-order valence-electron chi connectivity index (χ4n) is 2.77. The van der Waals surface area contributed by atoms with Gasteiger partial charge >= 0.3 is 0 Å². The molecule has 2 aromatic rings. The highest BCUT2D eigenvalue weighted by Crippen LogP contribution is 2.24. The summed E-state index contributed by atoms with van der Waals surface area (Å²) in [4.78, 5) is 13.9. The smallest absolute Gasteiger partial charge is 0.263 e. The molecule has 0 bridgehead atoms. The molecular formula is C23H31NO4. The van der Waals surface area contributed by atoms with Crippen molar-refractivity contribution in [3.8, 4) is 11.5 Å². The van der Waals surface area contributed by atoms with E-state index in [2.05, 4.69) is 20.8 Å². The predicted molar refractivity (Wildman–Crippen MR) is 111 cm³/mol. The van der Waals surface area contributed by atoms with Crippen LogP contribution in [0.3, 0.4) is 0 Å². The highest BCUT2D eigenvalue weighted by Gasteiger charge is 2.21. The fourth-order valence-corrected chi connectivity index (χ4v) is 2.77. The molecule has 0 saturated carbocycles. The number of carbonyl (C=O) groups excluding carboxylic acids is 1. The van der Waals surface area contributed by atoms with Gasteiger partial charge in [0.1, 0.15) is 24.2 Å². The number of aliphatic hydroxyl groups is 1. The molecule has 0 aliphatic rings. The third kappa shape index (κ3) is 6.57. The second-order valence-corrected chi connectivity index (χ2v) is 8.03. The molecule has 5 nitrogen and oxygen atoms in total. The van der Waals surface area contributed by atoms with E-state index in [-0.39, 0.29) is 24.5 Å². The van der Waals surface area contributed by atoms with Gasteiger partial charge in [-0.1, -0.05) is 51.1 Å². The van der Waals surface area contributed by atoms with E-state index in [1.165, 1.54) is 10.5 Å². The van der Waals surface area contributed by atoms with Crippen LogP contribution in [0, 0.1) is 0 Å². The van der Waals surface area contributed by atoms with Gasteiger partial charge in [-0.2, -0.15) is 0 Å². The van der Waals surface area contributed by atoms with Crippen LogP contribution in [-0.4, -0.2) is 48.3 Å². The monoisotopic (exact) mass is 385 g/mol. The quantitative estimate of drug-likeness (QED) is 0.754. The minimum absolute atomic E-state index is 0.0830. The van der Waals surface area contributed by atoms with Gasteiger partial charge in [-0.3, -0.25) is 4.79 Å². The molecule has 152 valence electrons. The first-order valence-corrected chi connectivity index (χ1v) is 9.55. The summed E-state index contributed by atoms with van der Waals surface area (Å²) in [6, 6.07) is 17.1. The number of likely N-dealkylation sites (N-methyl/N-ethyl adjacent to an activating group) is 1. The Morgan fingerprint density at radius 1 is 1.04 bits per heavy atom. The van der Waals surface area contributed by atoms with Crippen molar-refractivity contribution in [1.82, 2.24) is 4.90 Å². The van der Waals surface area contributed by atoms with Gasteiger partial charge in [-0.15, -0.1) is 0 Å². The molecular weight excluding hydrogens is 354 g/mol. The third-order valence-corrected chi connectivity index (χ3v) is 4.43. The summed E-state index contributed by atoms with van der Waals surface area (Å²) < 4.78 is 11.3. The second-order valence-electron chi connectivity index (χ2n) is 8.03. The van der Waals surface area contributed by atoms with E-state index in [4.69, 9.17) is 9.47 Å². The Morgan fingerprint density at radius 3 is 2.21 bits per heavy atom. The van der Waals surface area contributed by atoms with E-state index in [1.807, 2.05) is 42.5 Å². The van der Waals surface area contributed by atoms with Gasteiger partial charge in [-0.25, -0.2) is 0 Å². The average molecular weight is 386 g/mol. The van der Waals surface area contributed by atoms with Crippen molar-refractivity contribution in [3.63, 3.8) is 0 Å². The molecule has 0 spiro atoms. The molecule has 28 heavy (non-hydrogen) atoms. The zero-order valence-electron chi connectivity index (χ0n) is 17.4. The number of hydrogen-bond donors (Lipinski definition) is 1. The van der Waals surface area contributed by atoms with Crippen molar-refractivity contribution in [2.75, 3.05) is 20.2 Å². The number of carbonyl (C=O) groups is 1. The van der Waals surface area contributed by atoms with Crippen molar-refractivity contribution in [2.45, 2.75) is 45.3 Å². The maximum absolute atomic E-state index is 12.4. The number of para-hydroxylation sites is 1. The molecule has 2 aromatic carbocycles. The summed E-state index contributed by atoms with van der Waals surface area (Å²) in [5.41, 5.74) is 1.30. The number of nitrogens with zero attached hydrogens (tertiary/aromatic N) is 1. The van der Waals surface area contributed by atoms with E-state index < -0.39 is 12.2 Å². The summed E-state index contributed by atoms with van der Waals surface area (Å²) in [6.07, 6.45) is -1.43. The van der Waals surface area contributed by atoms with Crippen LogP contribution in [0.5, 0.6) is 11.5 Å². The highest BCUT2D eigenvalue weighted by molar-refractivity contribution is 5.80. The summed E-state index contributed by atoms with van der Waals surface area (Å²) in [5.74, 6) is 1.14. The fraction of sp³-hybridized carbons (Fsp3) is 0.435. The molecule has 0 aromatic heterocycles. The van der Waals surface area contributed by atoms with Gasteiger partial charge in [0.25, 0.3) is 5.91 Å². The summed E-state index contributed by atoms with van der Waals surface area (Å²) in [5, 5.41) is 10.2. The van der Waals surface area contributed by atoms with Crippen LogP contribution >= 0.6 is 0 Å². The van der Waals surface area contributed by atoms with E-state index in [0.717, 1.165) is 0 Å². The maximum Gasteiger partial charge on any atom is 0.263 e. The first kappa shape index (κ1) is 21.8. The first-order valence-electron chi connectivity index (χ1n) is 9.55. The Hall–Kier alpha value is -2.53. The van der Waals surface area contributed by atoms with E-state index in [9.17, 15) is 9.90 Å². The normalized spacial score (nSPS) is 13.5. The number of amides is 1. The Balaban J connectivity index is 1.79. The van der Waals surface area contributed by atoms with Crippen molar-refractivity contribution >= 4 is 5.91 Å². The molecule has 0 fully saturated rings. The molecule has 5 heteroatoms. The van der Waals surface area contributed by atoms with Gasteiger partial charge in [0.2, 0.25) is 0 Å². The molecule has 2 atom stereocenters. The molecule has 1 N–H and O–H groups in total. The summed E-state index contributed by atoms with van der Waals surface area (Å²) >= 11 is 0. The van der Waals surface area contributed by atoms with Crippen molar-refractivity contribution in [2.24, 2.45) is 0 Å². The molecule has 2 rings (SSSR count). The SMILES string of the molecule is C[C@H](Oc1ccccc1)C(=O)N(C)C[C@@H](O)COc1ccc(C(C)(C)C)cc1.